The average Bonchev–Trinajstić information content (AvgIpc) is 3.09. The van der Waals surface area contributed by atoms with Crippen LogP contribution in [0, 0.1) is 23.4 Å². The van der Waals surface area contributed by atoms with Crippen LogP contribution in [-0.4, -0.2) is 25.4 Å². The minimum absolute atomic E-state index is 0.253. The largest absolute Gasteiger partial charge is 0.246 e. The maximum atomic E-state index is 14.1. The Morgan fingerprint density at radius 2 is 1.09 bits per heavy atom. The second-order valence-corrected chi connectivity index (χ2v) is 15.3. The van der Waals surface area contributed by atoms with Crippen LogP contribution in [0.1, 0.15) is 37.7 Å². The van der Waals surface area contributed by atoms with Crippen LogP contribution in [0.2, 0.25) is 0 Å². The zero-order chi connectivity index (χ0) is 23.9. The predicted octanol–water partition coefficient (Wildman–Crippen LogP) is 7.03. The molecule has 0 radical (unpaired) electrons. The van der Waals surface area contributed by atoms with Crippen molar-refractivity contribution < 1.29 is 13.2 Å². The van der Waals surface area contributed by atoms with Gasteiger partial charge in [0, 0.05) is 19.5 Å². The van der Waals surface area contributed by atoms with Crippen LogP contribution in [-0.2, 0) is 0 Å². The molecular weight excluding hydrogens is 447 g/mol. The summed E-state index contributed by atoms with van der Waals surface area (Å²) in [5, 5.41) is 0. The molecule has 5 rings (SSSR count). The molecule has 1 aliphatic carbocycles. The topological polar surface area (TPSA) is 0 Å². The Kier molecular flexibility index (Phi) is 6.23. The van der Waals surface area contributed by atoms with Crippen molar-refractivity contribution in [3.05, 3.63) is 101 Å². The molecule has 3 aromatic carbocycles. The van der Waals surface area contributed by atoms with Crippen LogP contribution in [0.5, 0.6) is 0 Å². The Morgan fingerprint density at radius 1 is 0.647 bits per heavy atom. The van der Waals surface area contributed by atoms with E-state index in [1.165, 1.54) is 43.1 Å². The maximum Gasteiger partial charge on any atom is 0.246 e. The van der Waals surface area contributed by atoms with Crippen LogP contribution >= 0.6 is 7.14 Å². The van der Waals surface area contributed by atoms with E-state index in [1.807, 2.05) is 36.4 Å². The van der Waals surface area contributed by atoms with Crippen LogP contribution in [0.15, 0.2) is 78.4 Å². The van der Waals surface area contributed by atoms with Gasteiger partial charge in [-0.05, 0) is 55.2 Å². The molecule has 0 nitrogen and oxygen atoms in total. The number of rotatable bonds is 4. The molecule has 34 heavy (non-hydrogen) atoms. The molecule has 0 saturated heterocycles. The Bertz CT molecular complexity index is 1150. The van der Waals surface area contributed by atoms with E-state index < -0.39 is 13.0 Å². The average molecular weight is 478 g/mol. The number of allylic oxidation sites excluding steroid dienone is 1. The zero-order valence-corrected chi connectivity index (χ0v) is 20.8. The molecule has 0 bridgehead atoms. The fourth-order valence-electron chi connectivity index (χ4n) is 6.95. The summed E-state index contributed by atoms with van der Waals surface area (Å²) in [4.78, 5) is 0. The fourth-order valence-corrected chi connectivity index (χ4v) is 11.5. The van der Waals surface area contributed by atoms with Gasteiger partial charge >= 0.3 is 0 Å². The van der Waals surface area contributed by atoms with Gasteiger partial charge in [-0.25, -0.2) is 13.2 Å². The van der Waals surface area contributed by atoms with Gasteiger partial charge in [0.2, 0.25) is 5.87 Å². The summed E-state index contributed by atoms with van der Waals surface area (Å²) < 4.78 is 42.2. The number of benzene rings is 3. The van der Waals surface area contributed by atoms with Gasteiger partial charge in [-0.1, -0.05) is 66.8 Å². The molecule has 0 N–H and O–H groups in total. The molecule has 2 aliphatic rings. The third kappa shape index (κ3) is 3.85. The first-order chi connectivity index (χ1) is 16.3. The molecule has 1 fully saturated rings. The molecule has 0 amide bonds. The Hall–Kier alpha value is -2.32. The van der Waals surface area contributed by atoms with Crippen molar-refractivity contribution in [2.45, 2.75) is 32.1 Å². The molecule has 1 saturated carbocycles. The minimum atomic E-state index is -1.71. The summed E-state index contributed by atoms with van der Waals surface area (Å²) in [5.74, 6) is -1.74. The lowest BCUT2D eigenvalue weighted by Crippen LogP contribution is -2.59. The zero-order valence-electron chi connectivity index (χ0n) is 19.9. The number of halogens is 3. The van der Waals surface area contributed by atoms with E-state index in [-0.39, 0.29) is 17.5 Å². The normalized spacial score (nSPS) is 20.0. The first-order valence-electron chi connectivity index (χ1n) is 12.3. The number of hydrogen-bond acceptors (Lipinski definition) is 0. The molecule has 176 valence electrons. The van der Waals surface area contributed by atoms with E-state index >= 15 is 0 Å². The van der Waals surface area contributed by atoms with Crippen molar-refractivity contribution >= 4 is 29.4 Å². The van der Waals surface area contributed by atoms with Crippen molar-refractivity contribution in [2.75, 3.05) is 19.5 Å². The molecular formula is C29H31BF3P. The highest BCUT2D eigenvalue weighted by Crippen LogP contribution is 2.70. The van der Waals surface area contributed by atoms with Gasteiger partial charge < -0.3 is 0 Å². The highest BCUT2D eigenvalue weighted by atomic mass is 31.2. The lowest BCUT2D eigenvalue weighted by Gasteiger charge is -2.46. The van der Waals surface area contributed by atoms with Crippen molar-refractivity contribution in [1.82, 2.24) is 0 Å². The molecule has 0 atom stereocenters. The van der Waals surface area contributed by atoms with Crippen LogP contribution in [0.25, 0.3) is 5.47 Å². The summed E-state index contributed by atoms with van der Waals surface area (Å²) in [5.41, 5.74) is 6.02. The maximum absolute atomic E-state index is 14.1. The van der Waals surface area contributed by atoms with Gasteiger partial charge in [0.1, 0.15) is 17.5 Å². The Morgan fingerprint density at radius 3 is 1.56 bits per heavy atom. The lowest BCUT2D eigenvalue weighted by atomic mass is 9.32. The van der Waals surface area contributed by atoms with Gasteiger partial charge in [-0.15, -0.1) is 12.6 Å². The molecule has 1 heterocycles. The van der Waals surface area contributed by atoms with Crippen molar-refractivity contribution in [3.63, 3.8) is 0 Å². The first-order valence-corrected chi connectivity index (χ1v) is 15.3. The fraction of sp³-hybridized carbons (Fsp3) is 0.310. The third-order valence-electron chi connectivity index (χ3n) is 8.35. The molecule has 0 aromatic heterocycles. The molecule has 0 spiro atoms. The van der Waals surface area contributed by atoms with Crippen molar-refractivity contribution in [2.24, 2.45) is 5.92 Å². The van der Waals surface area contributed by atoms with E-state index in [0.717, 1.165) is 22.7 Å². The second-order valence-electron chi connectivity index (χ2n) is 10.6. The van der Waals surface area contributed by atoms with Crippen molar-refractivity contribution in [3.8, 4) is 0 Å². The highest BCUT2D eigenvalue weighted by molar-refractivity contribution is 8.14. The van der Waals surface area contributed by atoms with E-state index in [1.54, 1.807) is 36.4 Å². The van der Waals surface area contributed by atoms with Crippen LogP contribution < -0.4 is 10.9 Å². The lowest BCUT2D eigenvalue weighted by molar-refractivity contribution is 0.405. The van der Waals surface area contributed by atoms with Crippen LogP contribution in [0.4, 0.5) is 13.2 Å². The predicted molar refractivity (Wildman–Crippen MR) is 141 cm³/mol. The molecule has 5 heteroatoms. The Labute approximate surface area is 201 Å². The second kappa shape index (κ2) is 9.04. The summed E-state index contributed by atoms with van der Waals surface area (Å²) >= 11 is 0. The summed E-state index contributed by atoms with van der Waals surface area (Å²) in [6.07, 6.45) is 7.13. The smallest absolute Gasteiger partial charge is 0.207 e. The first kappa shape index (κ1) is 23.4. The van der Waals surface area contributed by atoms with E-state index in [2.05, 4.69) is 13.3 Å². The van der Waals surface area contributed by atoms with E-state index in [4.69, 9.17) is 0 Å². The highest BCUT2D eigenvalue weighted by Gasteiger charge is 2.57. The van der Waals surface area contributed by atoms with E-state index in [9.17, 15) is 13.2 Å². The summed E-state index contributed by atoms with van der Waals surface area (Å²) in [6, 6.07) is 20.8. The summed E-state index contributed by atoms with van der Waals surface area (Å²) in [6.45, 7) is 4.80. The quantitative estimate of drug-likeness (QED) is 0.279. The SMILES string of the molecule is C[P+]1(C)CC(C2CCCCC2)=C(c2ccc(F)cc2)[B-]1(c1ccc(F)cc1)c1ccc(F)cc1. The van der Waals surface area contributed by atoms with E-state index in [0.29, 0.717) is 5.92 Å². The van der Waals surface area contributed by atoms with Crippen LogP contribution in [0.3, 0.4) is 0 Å². The van der Waals surface area contributed by atoms with Crippen molar-refractivity contribution in [1.29, 1.82) is 0 Å². The monoisotopic (exact) mass is 478 g/mol. The minimum Gasteiger partial charge on any atom is -0.207 e. The van der Waals surface area contributed by atoms with Gasteiger partial charge in [-0.2, -0.15) is 10.9 Å². The summed E-state index contributed by atoms with van der Waals surface area (Å²) in [7, 11) is -1.71. The van der Waals surface area contributed by atoms with Gasteiger partial charge in [-0.3, -0.25) is 0 Å². The Balaban J connectivity index is 1.87. The van der Waals surface area contributed by atoms with Gasteiger partial charge in [0.25, 0.3) is 0 Å². The molecule has 0 unspecified atom stereocenters. The molecule has 1 aliphatic heterocycles. The standard InChI is InChI=1S/C29H31BF3P/c1-34(2)20-28(21-6-4-3-5-7-21)29(22-8-14-25(31)15-9-22)30(34,23-10-16-26(32)17-11-23)24-12-18-27(33)19-13-24/h8-19,21H,3-7,20H2,1-2H3. The molecule has 3 aromatic rings. The number of hydrogen-bond donors (Lipinski definition) is 0. The van der Waals surface area contributed by atoms with Gasteiger partial charge in [0.15, 0.2) is 0 Å². The third-order valence-corrected chi connectivity index (χ3v) is 12.5. The van der Waals surface area contributed by atoms with Gasteiger partial charge in [0.05, 0.1) is 0 Å².